The highest BCUT2D eigenvalue weighted by Gasteiger charge is 2.41. The molecule has 2 heterocycles. The lowest BCUT2D eigenvalue weighted by Gasteiger charge is -2.32. The summed E-state index contributed by atoms with van der Waals surface area (Å²) in [6.07, 6.45) is -2.77. The number of aliphatic hydroxyl groups excluding tert-OH is 1. The van der Waals surface area contributed by atoms with Gasteiger partial charge in [0.2, 0.25) is 100 Å². The number of hydrogen-bond donors (Lipinski definition) is 26. The van der Waals surface area contributed by atoms with Gasteiger partial charge in [-0.3, -0.25) is 97.1 Å². The first kappa shape index (κ1) is 114. The number of hydrogen-bond acceptors (Lipinski definition) is 23. The van der Waals surface area contributed by atoms with Crippen LogP contribution in [0.1, 0.15) is 129 Å². The SMILES string of the molecule is CC(C)C[C@@H]1NC(=O)[C@H](CCCNC(=N)N)NC(=O)[C@@H](Cc2ccccc2)NC(=O)[C@H](C)N(C)C(=O)[C@H](CCCNC(=N)N)NC(=O)[C@H](Cc2ccc(-c3ccccc3)cc2)NC(=O)[C@H](C(C)C)NC(=O)[C@H](Cc2c[nH]c3ccccc23)NC(=O)[C@H](CC(=O)O)NC(=O)[C@H](Cc2ccc(O)cc2)NC(=O)[C@H](CCC(N)=O)NC(=O)CSC[C@@H](C(=O)N[C@@H](C)C(N)=O)NC(=O)[C@H](CO)NC(=O)[C@H](C(C)C)NC1=O. The van der Waals surface area contributed by atoms with Crippen LogP contribution in [0, 0.1) is 28.6 Å². The number of carbonyl (C=O) groups is 18. The van der Waals surface area contributed by atoms with E-state index in [0.717, 1.165) is 16.0 Å². The molecule has 1 aliphatic heterocycles. The topological polar surface area (TPSA) is 731 Å². The second kappa shape index (κ2) is 56.1. The maximum absolute atomic E-state index is 15.6. The Bertz CT molecular complexity index is 5420. The van der Waals surface area contributed by atoms with E-state index < -0.39 is 271 Å². The number of likely N-dealkylation sites (N-methyl/N-ethyl adjacent to an activating group) is 1. The monoisotopic (exact) mass is 1990 g/mol. The fraction of sp³-hybridized carbons (Fsp3) is 0.458. The van der Waals surface area contributed by atoms with Gasteiger partial charge >= 0.3 is 5.97 Å². The predicted molar refractivity (Wildman–Crippen MR) is 526 cm³/mol. The third kappa shape index (κ3) is 36.8. The van der Waals surface area contributed by atoms with E-state index in [-0.39, 0.29) is 75.3 Å². The molecule has 142 heavy (non-hydrogen) atoms. The lowest BCUT2D eigenvalue weighted by Crippen LogP contribution is -2.62. The number of rotatable bonds is 30. The van der Waals surface area contributed by atoms with Crippen LogP contribution >= 0.6 is 11.8 Å². The summed E-state index contributed by atoms with van der Waals surface area (Å²) >= 11 is 0.632. The molecule has 1 fully saturated rings. The zero-order chi connectivity index (χ0) is 105. The van der Waals surface area contributed by atoms with Crippen molar-refractivity contribution in [3.8, 4) is 16.9 Å². The number of guanidine groups is 2. The van der Waals surface area contributed by atoms with Crippen molar-refractivity contribution in [3.05, 3.63) is 162 Å². The minimum absolute atomic E-state index is 0.0173. The summed E-state index contributed by atoms with van der Waals surface area (Å²) in [5.41, 5.74) is 26.1. The molecule has 0 saturated carbocycles. The van der Waals surface area contributed by atoms with E-state index in [1.807, 2.05) is 30.3 Å². The normalized spacial score (nSPS) is 22.6. The Morgan fingerprint density at radius 2 is 0.880 bits per heavy atom. The van der Waals surface area contributed by atoms with Gasteiger partial charge in [-0.1, -0.05) is 157 Å². The van der Waals surface area contributed by atoms with Crippen LogP contribution in [0.3, 0.4) is 0 Å². The van der Waals surface area contributed by atoms with Crippen molar-refractivity contribution in [1.82, 2.24) is 95.0 Å². The number of fused-ring (bicyclic) bond motifs is 1. The van der Waals surface area contributed by atoms with Gasteiger partial charge in [-0.05, 0) is 122 Å². The molecule has 6 aromatic rings. The molecule has 30 N–H and O–H groups in total. The Labute approximate surface area is 825 Å². The maximum Gasteiger partial charge on any atom is 0.305 e. The first-order valence-electron chi connectivity index (χ1n) is 46.5. The van der Waals surface area contributed by atoms with E-state index in [1.165, 1.54) is 65.2 Å². The van der Waals surface area contributed by atoms with E-state index in [4.69, 9.17) is 33.8 Å². The fourth-order valence-electron chi connectivity index (χ4n) is 15.2. The number of amides is 17. The molecule has 1 aromatic heterocycles. The molecule has 0 bridgehead atoms. The van der Waals surface area contributed by atoms with E-state index >= 15 is 38.4 Å². The zero-order valence-corrected chi connectivity index (χ0v) is 81.4. The van der Waals surface area contributed by atoms with Crippen molar-refractivity contribution in [2.75, 3.05) is 38.2 Å². The summed E-state index contributed by atoms with van der Waals surface area (Å²) in [5, 5.41) is 89.1. The lowest BCUT2D eigenvalue weighted by molar-refractivity contribution is -0.142. The summed E-state index contributed by atoms with van der Waals surface area (Å²) in [6, 6.07) is 11.4. The number of nitrogens with one attached hydrogen (secondary N) is 19. The molecule has 0 aliphatic carbocycles. The molecule has 0 spiro atoms. The van der Waals surface area contributed by atoms with Gasteiger partial charge in [0.1, 0.15) is 96.4 Å². The molecule has 15 atom stereocenters. The molecule has 768 valence electrons. The number of aromatic nitrogens is 1. The molecule has 17 amide bonds. The number of H-pyrrole nitrogens is 1. The quantitative estimate of drug-likeness (QED) is 0.0124. The van der Waals surface area contributed by atoms with E-state index in [9.17, 15) is 63.3 Å². The number of benzene rings is 5. The molecule has 0 radical (unpaired) electrons. The first-order chi connectivity index (χ1) is 67.3. The zero-order valence-electron chi connectivity index (χ0n) is 80.5. The number of aliphatic carboxylic acids is 1. The van der Waals surface area contributed by atoms with Crippen LogP contribution in [0.4, 0.5) is 0 Å². The number of aliphatic hydroxyl groups is 1. The van der Waals surface area contributed by atoms with Crippen molar-refractivity contribution >= 4 is 141 Å². The molecule has 7 rings (SSSR count). The van der Waals surface area contributed by atoms with Crippen LogP contribution in [-0.4, -0.2) is 272 Å². The summed E-state index contributed by atoms with van der Waals surface area (Å²) in [7, 11) is 1.25. The van der Waals surface area contributed by atoms with Gasteiger partial charge in [-0.25, -0.2) is 0 Å². The molecule has 0 unspecified atom stereocenters. The van der Waals surface area contributed by atoms with E-state index in [1.54, 1.807) is 107 Å². The Hall–Kier alpha value is -15.2. The number of aromatic amines is 1. The van der Waals surface area contributed by atoms with Gasteiger partial charge in [0, 0.05) is 75.1 Å². The maximum atomic E-state index is 15.6. The van der Waals surface area contributed by atoms with Gasteiger partial charge in [-0.2, -0.15) is 0 Å². The molecule has 5 aromatic carbocycles. The van der Waals surface area contributed by atoms with E-state index in [0.29, 0.717) is 39.4 Å². The van der Waals surface area contributed by atoms with Crippen LogP contribution in [0.25, 0.3) is 22.0 Å². The Morgan fingerprint density at radius 1 is 0.465 bits per heavy atom. The third-order valence-electron chi connectivity index (χ3n) is 23.2. The number of nitrogens with two attached hydrogens (primary N) is 4. The average molecular weight is 1990 g/mol. The average Bonchev–Trinajstić information content (AvgIpc) is 1.66. The number of primary amides is 2. The van der Waals surface area contributed by atoms with Crippen LogP contribution in [-0.2, 0) is 112 Å². The highest BCUT2D eigenvalue weighted by Crippen LogP contribution is 2.24. The number of aromatic hydroxyl groups is 1. The number of phenolic OH excluding ortho intramolecular Hbond substituents is 1. The summed E-state index contributed by atoms with van der Waals surface area (Å²) in [4.78, 5) is 266. The van der Waals surface area contributed by atoms with Crippen molar-refractivity contribution in [1.29, 1.82) is 10.8 Å². The Balaban J connectivity index is 1.35. The standard InChI is InChI=1S/C96H132N24O21S/c1-50(2)40-67-88(135)118-79(52(5)6)93(140)116-73(47-121)90(137)117-74(91(138)106-53(7)80(98)127)48-142-49-76(124)107-65(36-37-75(97)123)83(130)112-69(43-57-30-34-61(122)35-31-57)86(133)114-72(45-77(125)126)87(134)113-71(44-60-46-105-63-25-17-16-24-62(60)63)89(136)119-78(51(3)4)92(139)115-70(42-56-28-32-59(33-29-56)58-22-14-11-15-23-58)85(132)109-66(27-19-39-104-96(101)102)94(141)120(9)54(8)81(128)110-68(41-55-20-12-10-13-21-55)84(131)108-64(82(129)111-67)26-18-38-103-95(99)100/h10-17,20-25,28-35,46,50-54,64-74,78-79,105,121-122H,18-19,26-27,36-45,47-49H2,1-9H3,(H2,97,123)(H2,98,127)(H,106,138)(H,107,124)(H,108,131)(H,109,132)(H,110,128)(H,111,129)(H,112,130)(H,113,134)(H,114,133)(H,115,139)(H,116,140)(H,117,137)(H,118,135)(H,119,136)(H,125,126)(H4,99,100,103)(H4,101,102,104)/t53-,54-,64-,65-,66-,67-,68+,69-,70-,71-,72-,73-,74-,78-,79-/m0/s1. The largest absolute Gasteiger partial charge is 0.508 e. The van der Waals surface area contributed by atoms with Gasteiger partial charge in [0.25, 0.3) is 0 Å². The molecule has 1 aliphatic rings. The van der Waals surface area contributed by atoms with Crippen molar-refractivity contribution in [2.24, 2.45) is 40.7 Å². The first-order valence-corrected chi connectivity index (χ1v) is 47.6. The second-order valence-electron chi connectivity index (χ2n) is 35.7. The molecular weight excluding hydrogens is 1860 g/mol. The van der Waals surface area contributed by atoms with Crippen LogP contribution in [0.15, 0.2) is 140 Å². The van der Waals surface area contributed by atoms with Gasteiger partial charge in [0.15, 0.2) is 11.9 Å². The molecular formula is C96H132N24O21S. The Kier molecular flexibility index (Phi) is 44.9. The van der Waals surface area contributed by atoms with Crippen molar-refractivity contribution in [2.45, 2.75) is 223 Å². The van der Waals surface area contributed by atoms with Crippen LogP contribution < -0.4 is 108 Å². The minimum Gasteiger partial charge on any atom is -0.508 e. The minimum atomic E-state index is -2.13. The van der Waals surface area contributed by atoms with Gasteiger partial charge in [0.05, 0.1) is 18.8 Å². The van der Waals surface area contributed by atoms with Crippen molar-refractivity contribution in [3.63, 3.8) is 0 Å². The summed E-state index contributed by atoms with van der Waals surface area (Å²) < 4.78 is 0. The Morgan fingerprint density at radius 3 is 1.39 bits per heavy atom. The van der Waals surface area contributed by atoms with Gasteiger partial charge in [-0.15, -0.1) is 11.8 Å². The number of carboxylic acids is 1. The number of phenols is 1. The highest BCUT2D eigenvalue weighted by molar-refractivity contribution is 8.00. The third-order valence-corrected chi connectivity index (χ3v) is 24.3. The van der Waals surface area contributed by atoms with Crippen molar-refractivity contribution < 1.29 is 102 Å². The van der Waals surface area contributed by atoms with Gasteiger partial charge < -0.3 is 133 Å². The number of carbonyl (C=O) groups excluding carboxylic acids is 17. The van der Waals surface area contributed by atoms with E-state index in [2.05, 4.69) is 90.1 Å². The number of carboxylic acid groups (broad SMARTS) is 1. The molecule has 1 saturated heterocycles. The number of thioether (sulfide) groups is 1. The molecule has 46 heteroatoms. The smallest absolute Gasteiger partial charge is 0.305 e. The lowest BCUT2D eigenvalue weighted by atomic mass is 9.98. The highest BCUT2D eigenvalue weighted by atomic mass is 32.2. The number of para-hydroxylation sites is 1. The van der Waals surface area contributed by atoms with Crippen LogP contribution in [0.5, 0.6) is 5.75 Å². The number of nitrogens with zero attached hydrogens (tertiary/aromatic N) is 1. The molecule has 45 nitrogen and oxygen atoms in total. The van der Waals surface area contributed by atoms with Crippen LogP contribution in [0.2, 0.25) is 0 Å². The summed E-state index contributed by atoms with van der Waals surface area (Å²) in [5.74, 6) is -24.1. The summed E-state index contributed by atoms with van der Waals surface area (Å²) in [6.45, 7) is 10.9. The second-order valence-corrected chi connectivity index (χ2v) is 36.8. The predicted octanol–water partition coefficient (Wildman–Crippen LogP) is -2.69. The fourth-order valence-corrected chi connectivity index (χ4v) is 16.0.